The number of rotatable bonds is 2. The molecular weight excluding hydrogens is 261 g/mol. The van der Waals surface area contributed by atoms with E-state index < -0.39 is 17.8 Å². The summed E-state index contributed by atoms with van der Waals surface area (Å²) in [7, 11) is 0. The summed E-state index contributed by atoms with van der Waals surface area (Å²) in [5.74, 6) is -1.07. The van der Waals surface area contributed by atoms with Gasteiger partial charge in [-0.15, -0.1) is 0 Å². The monoisotopic (exact) mass is 264 g/mol. The summed E-state index contributed by atoms with van der Waals surface area (Å²) in [6, 6.07) is 1.68. The molecule has 74 valence electrons. The number of nitriles is 1. The van der Waals surface area contributed by atoms with Crippen molar-refractivity contribution in [3.8, 4) is 6.07 Å². The quantitative estimate of drug-likeness (QED) is 0.771. The molecule has 14 heavy (non-hydrogen) atoms. The first kappa shape index (κ1) is 11.0. The molecule has 0 aliphatic heterocycles. The fourth-order valence-electron chi connectivity index (χ4n) is 0.907. The molecule has 0 saturated heterocycles. The van der Waals surface area contributed by atoms with Gasteiger partial charge in [-0.1, -0.05) is 0 Å². The van der Waals surface area contributed by atoms with Crippen LogP contribution in [-0.4, -0.2) is 4.98 Å². The standard InChI is InChI=1S/C8H4BrF3N2/c9-7-4(1-2-13)6(10)5(3-14-7)8(11)12/h3,8H,1H2. The van der Waals surface area contributed by atoms with E-state index in [4.69, 9.17) is 5.26 Å². The summed E-state index contributed by atoms with van der Waals surface area (Å²) in [6.07, 6.45) is -2.46. The zero-order valence-electron chi connectivity index (χ0n) is 6.77. The molecule has 0 spiro atoms. The zero-order valence-corrected chi connectivity index (χ0v) is 8.35. The molecule has 0 unspecified atom stereocenters. The Labute approximate surface area is 86.5 Å². The van der Waals surface area contributed by atoms with Crippen LogP contribution in [0.3, 0.4) is 0 Å². The van der Waals surface area contributed by atoms with Gasteiger partial charge in [0.2, 0.25) is 0 Å². The minimum atomic E-state index is -2.92. The van der Waals surface area contributed by atoms with Gasteiger partial charge in [-0.2, -0.15) is 5.26 Å². The molecular formula is C8H4BrF3N2. The van der Waals surface area contributed by atoms with Crippen LogP contribution in [0.25, 0.3) is 0 Å². The topological polar surface area (TPSA) is 36.7 Å². The molecule has 6 heteroatoms. The lowest BCUT2D eigenvalue weighted by Crippen LogP contribution is -2.00. The Hall–Kier alpha value is -1.09. The van der Waals surface area contributed by atoms with Crippen molar-refractivity contribution in [3.05, 3.63) is 27.7 Å². The Morgan fingerprint density at radius 1 is 1.57 bits per heavy atom. The van der Waals surface area contributed by atoms with Gasteiger partial charge in [0.05, 0.1) is 18.1 Å². The molecule has 0 N–H and O–H groups in total. The molecule has 0 aromatic carbocycles. The van der Waals surface area contributed by atoms with Gasteiger partial charge in [-0.05, 0) is 15.9 Å². The molecule has 0 aliphatic rings. The van der Waals surface area contributed by atoms with Crippen molar-refractivity contribution >= 4 is 15.9 Å². The Morgan fingerprint density at radius 3 is 2.71 bits per heavy atom. The maximum Gasteiger partial charge on any atom is 0.268 e. The van der Waals surface area contributed by atoms with Crippen molar-refractivity contribution < 1.29 is 13.2 Å². The third-order valence-corrected chi connectivity index (χ3v) is 2.26. The number of aromatic nitrogens is 1. The van der Waals surface area contributed by atoms with Crippen LogP contribution in [0, 0.1) is 17.1 Å². The minimum absolute atomic E-state index is 0.0842. The lowest BCUT2D eigenvalue weighted by atomic mass is 10.1. The van der Waals surface area contributed by atoms with E-state index in [0.717, 1.165) is 6.20 Å². The Bertz CT molecular complexity index is 387. The third-order valence-electron chi connectivity index (χ3n) is 1.58. The predicted octanol–water partition coefficient (Wildman–Crippen LogP) is 2.99. The second-order valence-electron chi connectivity index (χ2n) is 2.43. The van der Waals surface area contributed by atoms with Crippen LogP contribution in [0.2, 0.25) is 0 Å². The van der Waals surface area contributed by atoms with Crippen LogP contribution in [-0.2, 0) is 6.42 Å². The van der Waals surface area contributed by atoms with Crippen molar-refractivity contribution in [2.45, 2.75) is 12.8 Å². The summed E-state index contributed by atoms with van der Waals surface area (Å²) in [5, 5.41) is 8.35. The Balaban J connectivity index is 3.27. The van der Waals surface area contributed by atoms with Crippen LogP contribution in [0.15, 0.2) is 10.8 Å². The van der Waals surface area contributed by atoms with Gasteiger partial charge in [-0.3, -0.25) is 0 Å². The maximum atomic E-state index is 13.3. The summed E-state index contributed by atoms with van der Waals surface area (Å²) in [4.78, 5) is 3.53. The third kappa shape index (κ3) is 2.04. The van der Waals surface area contributed by atoms with Gasteiger partial charge in [0.1, 0.15) is 10.4 Å². The molecule has 0 radical (unpaired) electrons. The highest BCUT2D eigenvalue weighted by Gasteiger charge is 2.19. The molecule has 0 bridgehead atoms. The minimum Gasteiger partial charge on any atom is -0.248 e. The van der Waals surface area contributed by atoms with Crippen LogP contribution in [0.4, 0.5) is 13.2 Å². The van der Waals surface area contributed by atoms with E-state index in [-0.39, 0.29) is 16.6 Å². The van der Waals surface area contributed by atoms with Crippen LogP contribution in [0.1, 0.15) is 17.6 Å². The van der Waals surface area contributed by atoms with Crippen molar-refractivity contribution in [1.29, 1.82) is 5.26 Å². The van der Waals surface area contributed by atoms with Gasteiger partial charge in [0.15, 0.2) is 0 Å². The highest BCUT2D eigenvalue weighted by molar-refractivity contribution is 9.10. The molecule has 1 heterocycles. The summed E-state index contributed by atoms with van der Waals surface area (Å²) in [6.45, 7) is 0. The maximum absolute atomic E-state index is 13.3. The summed E-state index contributed by atoms with van der Waals surface area (Å²) in [5.41, 5.74) is -0.913. The molecule has 1 rings (SSSR count). The molecule has 1 aromatic rings. The van der Waals surface area contributed by atoms with Gasteiger partial charge in [0.25, 0.3) is 6.43 Å². The van der Waals surface area contributed by atoms with Crippen LogP contribution < -0.4 is 0 Å². The highest BCUT2D eigenvalue weighted by Crippen LogP contribution is 2.27. The fourth-order valence-corrected chi connectivity index (χ4v) is 1.32. The van der Waals surface area contributed by atoms with Gasteiger partial charge < -0.3 is 0 Å². The predicted molar refractivity (Wildman–Crippen MR) is 46.2 cm³/mol. The molecule has 0 amide bonds. The average Bonchev–Trinajstić information content (AvgIpc) is 2.11. The SMILES string of the molecule is N#CCc1c(Br)ncc(C(F)F)c1F. The van der Waals surface area contributed by atoms with E-state index in [1.54, 1.807) is 6.07 Å². The first-order chi connectivity index (χ1) is 6.57. The second-order valence-corrected chi connectivity index (χ2v) is 3.18. The number of halogens is 4. The number of alkyl halides is 2. The summed E-state index contributed by atoms with van der Waals surface area (Å²) >= 11 is 2.88. The number of hydrogen-bond acceptors (Lipinski definition) is 2. The Morgan fingerprint density at radius 2 is 2.21 bits per heavy atom. The van der Waals surface area contributed by atoms with E-state index >= 15 is 0 Å². The fraction of sp³-hybridized carbons (Fsp3) is 0.250. The zero-order chi connectivity index (χ0) is 10.7. The second kappa shape index (κ2) is 4.42. The smallest absolute Gasteiger partial charge is 0.248 e. The average molecular weight is 265 g/mol. The molecule has 0 aliphatic carbocycles. The number of hydrogen-bond donors (Lipinski definition) is 0. The molecule has 2 nitrogen and oxygen atoms in total. The molecule has 0 fully saturated rings. The van der Waals surface area contributed by atoms with Gasteiger partial charge in [-0.25, -0.2) is 18.2 Å². The van der Waals surface area contributed by atoms with Crippen molar-refractivity contribution in [2.75, 3.05) is 0 Å². The number of nitrogens with zero attached hydrogens (tertiary/aromatic N) is 2. The van der Waals surface area contributed by atoms with E-state index in [0.29, 0.717) is 0 Å². The van der Waals surface area contributed by atoms with Crippen molar-refractivity contribution in [1.82, 2.24) is 4.98 Å². The highest BCUT2D eigenvalue weighted by atomic mass is 79.9. The first-order valence-corrected chi connectivity index (χ1v) is 4.35. The molecule has 1 aromatic heterocycles. The first-order valence-electron chi connectivity index (χ1n) is 3.55. The van der Waals surface area contributed by atoms with Gasteiger partial charge in [0, 0.05) is 11.8 Å². The van der Waals surface area contributed by atoms with Gasteiger partial charge >= 0.3 is 0 Å². The largest absolute Gasteiger partial charge is 0.268 e. The van der Waals surface area contributed by atoms with Crippen LogP contribution in [0.5, 0.6) is 0 Å². The Kier molecular flexibility index (Phi) is 3.47. The van der Waals surface area contributed by atoms with E-state index in [1.807, 2.05) is 0 Å². The molecule has 0 atom stereocenters. The normalized spacial score (nSPS) is 10.3. The summed E-state index contributed by atoms with van der Waals surface area (Å²) < 4.78 is 37.8. The van der Waals surface area contributed by atoms with E-state index in [2.05, 4.69) is 20.9 Å². The lowest BCUT2D eigenvalue weighted by molar-refractivity contribution is 0.145. The number of pyridine rings is 1. The van der Waals surface area contributed by atoms with Crippen molar-refractivity contribution in [2.24, 2.45) is 0 Å². The van der Waals surface area contributed by atoms with E-state index in [1.165, 1.54) is 0 Å². The van der Waals surface area contributed by atoms with Crippen LogP contribution >= 0.6 is 15.9 Å². The molecule has 0 saturated carbocycles. The van der Waals surface area contributed by atoms with E-state index in [9.17, 15) is 13.2 Å². The van der Waals surface area contributed by atoms with Crippen molar-refractivity contribution in [3.63, 3.8) is 0 Å². The lowest BCUT2D eigenvalue weighted by Gasteiger charge is -2.06.